The van der Waals surface area contributed by atoms with E-state index in [1.165, 1.54) is 0 Å². The third-order valence-electron chi connectivity index (χ3n) is 3.66. The predicted octanol–water partition coefficient (Wildman–Crippen LogP) is 3.14. The second-order valence-electron chi connectivity index (χ2n) is 5.17. The van der Waals surface area contributed by atoms with E-state index in [1.807, 2.05) is 31.2 Å². The Labute approximate surface area is 133 Å². The summed E-state index contributed by atoms with van der Waals surface area (Å²) in [6.45, 7) is 1.97. The summed E-state index contributed by atoms with van der Waals surface area (Å²) in [5.74, 6) is -0.906. The van der Waals surface area contributed by atoms with Crippen molar-refractivity contribution in [3.05, 3.63) is 66.5 Å². The molecular weight excluding hydrogens is 290 g/mol. The average molecular weight is 305 g/mol. The summed E-state index contributed by atoms with van der Waals surface area (Å²) < 4.78 is 0. The maximum Gasteiger partial charge on any atom is 0.309 e. The molecule has 114 valence electrons. The molecule has 3 rings (SSSR count). The number of aromatic nitrogens is 3. The molecule has 1 N–H and O–H groups in total. The summed E-state index contributed by atoms with van der Waals surface area (Å²) in [4.78, 5) is 23.8. The molecule has 0 amide bonds. The van der Waals surface area contributed by atoms with E-state index in [1.54, 1.807) is 31.0 Å². The highest BCUT2D eigenvalue weighted by molar-refractivity contribution is 5.81. The SMILES string of the molecule is Cc1c(-c2cccnc2)cnc(CC(=O)O)c1-c1cccnc1. The number of carbonyl (C=O) groups is 1. The fourth-order valence-electron chi connectivity index (χ4n) is 2.64. The molecular formula is C18H15N3O2. The van der Waals surface area contributed by atoms with Gasteiger partial charge in [0.05, 0.1) is 12.1 Å². The molecule has 0 saturated heterocycles. The molecule has 3 aromatic rings. The van der Waals surface area contributed by atoms with Crippen LogP contribution in [-0.2, 0) is 11.2 Å². The van der Waals surface area contributed by atoms with Gasteiger partial charge in [-0.25, -0.2) is 0 Å². The van der Waals surface area contributed by atoms with Crippen molar-refractivity contribution < 1.29 is 9.90 Å². The van der Waals surface area contributed by atoms with Gasteiger partial charge in [0.2, 0.25) is 0 Å². The van der Waals surface area contributed by atoms with Gasteiger partial charge in [0.1, 0.15) is 0 Å². The lowest BCUT2D eigenvalue weighted by molar-refractivity contribution is -0.136. The molecule has 0 fully saturated rings. The molecule has 0 spiro atoms. The smallest absolute Gasteiger partial charge is 0.309 e. The van der Waals surface area contributed by atoms with Crippen molar-refractivity contribution in [3.63, 3.8) is 0 Å². The van der Waals surface area contributed by atoms with E-state index >= 15 is 0 Å². The van der Waals surface area contributed by atoms with Crippen LogP contribution in [0.2, 0.25) is 0 Å². The van der Waals surface area contributed by atoms with Crippen LogP contribution in [0.5, 0.6) is 0 Å². The first-order chi connectivity index (χ1) is 11.2. The minimum atomic E-state index is -0.906. The fourth-order valence-corrected chi connectivity index (χ4v) is 2.64. The van der Waals surface area contributed by atoms with Crippen LogP contribution in [0.25, 0.3) is 22.3 Å². The lowest BCUT2D eigenvalue weighted by Crippen LogP contribution is -2.06. The van der Waals surface area contributed by atoms with Crippen molar-refractivity contribution in [1.29, 1.82) is 0 Å². The number of carboxylic acid groups (broad SMARTS) is 1. The van der Waals surface area contributed by atoms with Crippen molar-refractivity contribution in [3.8, 4) is 22.3 Å². The van der Waals surface area contributed by atoms with Gasteiger partial charge in [-0.15, -0.1) is 0 Å². The largest absolute Gasteiger partial charge is 0.481 e. The molecule has 0 aliphatic rings. The van der Waals surface area contributed by atoms with E-state index in [4.69, 9.17) is 5.11 Å². The van der Waals surface area contributed by atoms with E-state index in [0.29, 0.717) is 5.69 Å². The van der Waals surface area contributed by atoms with Gasteiger partial charge in [0.25, 0.3) is 0 Å². The maximum atomic E-state index is 11.2. The van der Waals surface area contributed by atoms with Crippen LogP contribution in [0.15, 0.2) is 55.2 Å². The Kier molecular flexibility index (Phi) is 4.10. The zero-order chi connectivity index (χ0) is 16.2. The quantitative estimate of drug-likeness (QED) is 0.801. The first-order valence-electron chi connectivity index (χ1n) is 7.18. The van der Waals surface area contributed by atoms with Gasteiger partial charge in [-0.2, -0.15) is 0 Å². The minimum absolute atomic E-state index is 0.127. The topological polar surface area (TPSA) is 76.0 Å². The molecule has 0 aromatic carbocycles. The van der Waals surface area contributed by atoms with Crippen molar-refractivity contribution in [2.75, 3.05) is 0 Å². The molecule has 0 aliphatic carbocycles. The molecule has 0 aliphatic heterocycles. The van der Waals surface area contributed by atoms with Gasteiger partial charge in [-0.05, 0) is 24.6 Å². The number of carboxylic acids is 1. The Bertz CT molecular complexity index is 834. The Morgan fingerprint density at radius 2 is 1.70 bits per heavy atom. The van der Waals surface area contributed by atoms with Crippen molar-refractivity contribution in [1.82, 2.24) is 15.0 Å². The zero-order valence-electron chi connectivity index (χ0n) is 12.6. The predicted molar refractivity (Wildman–Crippen MR) is 86.8 cm³/mol. The zero-order valence-corrected chi connectivity index (χ0v) is 12.6. The Morgan fingerprint density at radius 1 is 1.04 bits per heavy atom. The fraction of sp³-hybridized carbons (Fsp3) is 0.111. The van der Waals surface area contributed by atoms with Gasteiger partial charge < -0.3 is 5.11 Å². The van der Waals surface area contributed by atoms with E-state index in [-0.39, 0.29) is 6.42 Å². The van der Waals surface area contributed by atoms with Gasteiger partial charge in [0, 0.05) is 53.2 Å². The van der Waals surface area contributed by atoms with Crippen LogP contribution >= 0.6 is 0 Å². The monoisotopic (exact) mass is 305 g/mol. The summed E-state index contributed by atoms with van der Waals surface area (Å²) in [6.07, 6.45) is 8.49. The first kappa shape index (κ1) is 14.8. The van der Waals surface area contributed by atoms with Crippen LogP contribution in [0, 0.1) is 6.92 Å². The standard InChI is InChI=1S/C18H15N3O2/c1-12-15(13-4-2-6-19-9-13)11-21-16(8-17(22)23)18(12)14-5-3-7-20-10-14/h2-7,9-11H,8H2,1H3,(H,22,23). The molecule has 23 heavy (non-hydrogen) atoms. The number of aliphatic carboxylic acids is 1. The molecule has 0 atom stereocenters. The number of nitrogens with zero attached hydrogens (tertiary/aromatic N) is 3. The molecule has 3 aromatic heterocycles. The van der Waals surface area contributed by atoms with Gasteiger partial charge in [0.15, 0.2) is 0 Å². The third kappa shape index (κ3) is 3.08. The molecule has 0 bridgehead atoms. The van der Waals surface area contributed by atoms with Crippen molar-refractivity contribution >= 4 is 5.97 Å². The summed E-state index contributed by atoms with van der Waals surface area (Å²) in [7, 11) is 0. The van der Waals surface area contributed by atoms with Crippen LogP contribution in [0.3, 0.4) is 0 Å². The summed E-state index contributed by atoms with van der Waals surface area (Å²) >= 11 is 0. The highest BCUT2D eigenvalue weighted by Gasteiger charge is 2.16. The molecule has 0 saturated carbocycles. The minimum Gasteiger partial charge on any atom is -0.481 e. The Morgan fingerprint density at radius 3 is 2.26 bits per heavy atom. The molecule has 0 radical (unpaired) electrons. The normalized spacial score (nSPS) is 10.5. The van der Waals surface area contributed by atoms with E-state index in [0.717, 1.165) is 27.8 Å². The average Bonchev–Trinajstić information content (AvgIpc) is 2.56. The lowest BCUT2D eigenvalue weighted by atomic mass is 9.93. The highest BCUT2D eigenvalue weighted by Crippen LogP contribution is 2.33. The van der Waals surface area contributed by atoms with Gasteiger partial charge >= 0.3 is 5.97 Å². The number of hydrogen-bond acceptors (Lipinski definition) is 4. The highest BCUT2D eigenvalue weighted by atomic mass is 16.4. The number of pyridine rings is 3. The van der Waals surface area contributed by atoms with E-state index in [2.05, 4.69) is 15.0 Å². The van der Waals surface area contributed by atoms with E-state index < -0.39 is 5.97 Å². The summed E-state index contributed by atoms with van der Waals surface area (Å²) in [6, 6.07) is 7.57. The number of hydrogen-bond donors (Lipinski definition) is 1. The summed E-state index contributed by atoms with van der Waals surface area (Å²) in [5.41, 5.74) is 5.07. The second kappa shape index (κ2) is 6.36. The van der Waals surface area contributed by atoms with Crippen LogP contribution in [0.4, 0.5) is 0 Å². The molecule has 5 heteroatoms. The Hall–Kier alpha value is -3.08. The van der Waals surface area contributed by atoms with Crippen LogP contribution in [-0.4, -0.2) is 26.0 Å². The van der Waals surface area contributed by atoms with Crippen LogP contribution in [0.1, 0.15) is 11.3 Å². The maximum absolute atomic E-state index is 11.2. The summed E-state index contributed by atoms with van der Waals surface area (Å²) in [5, 5.41) is 9.15. The molecule has 0 unspecified atom stereocenters. The van der Waals surface area contributed by atoms with Crippen LogP contribution < -0.4 is 0 Å². The molecule has 3 heterocycles. The van der Waals surface area contributed by atoms with Crippen molar-refractivity contribution in [2.24, 2.45) is 0 Å². The van der Waals surface area contributed by atoms with Gasteiger partial charge in [-0.1, -0.05) is 12.1 Å². The third-order valence-corrected chi connectivity index (χ3v) is 3.66. The Balaban J connectivity index is 2.22. The molecule has 5 nitrogen and oxygen atoms in total. The van der Waals surface area contributed by atoms with Gasteiger partial charge in [-0.3, -0.25) is 19.7 Å². The second-order valence-corrected chi connectivity index (χ2v) is 5.17. The number of rotatable bonds is 4. The first-order valence-corrected chi connectivity index (χ1v) is 7.18. The lowest BCUT2D eigenvalue weighted by Gasteiger charge is -2.15. The van der Waals surface area contributed by atoms with E-state index in [9.17, 15) is 4.79 Å². The van der Waals surface area contributed by atoms with Crippen molar-refractivity contribution in [2.45, 2.75) is 13.3 Å².